The number of benzene rings is 1. The fourth-order valence-corrected chi connectivity index (χ4v) is 3.32. The van der Waals surface area contributed by atoms with Gasteiger partial charge in [0.05, 0.1) is 23.2 Å². The van der Waals surface area contributed by atoms with Gasteiger partial charge in [0, 0.05) is 35.5 Å². The molecular weight excluding hydrogens is 468 g/mol. The fourth-order valence-electron chi connectivity index (χ4n) is 2.87. The molecule has 3 aromatic rings. The van der Waals surface area contributed by atoms with Gasteiger partial charge in [-0.25, -0.2) is 4.39 Å². The van der Waals surface area contributed by atoms with E-state index in [4.69, 9.17) is 0 Å². The zero-order valence-corrected chi connectivity index (χ0v) is 16.7. The zero-order valence-electron chi connectivity index (χ0n) is 14.5. The smallest absolute Gasteiger partial charge is 0.253 e. The summed E-state index contributed by atoms with van der Waals surface area (Å²) in [4.78, 5) is 25.3. The Morgan fingerprint density at radius 2 is 1.96 bits per heavy atom. The van der Waals surface area contributed by atoms with Crippen LogP contribution in [0, 0.1) is 9.39 Å². The second-order valence-electron chi connectivity index (χ2n) is 6.12. The van der Waals surface area contributed by atoms with Gasteiger partial charge in [-0.2, -0.15) is 0 Å². The summed E-state index contributed by atoms with van der Waals surface area (Å²) in [6.07, 6.45) is 0.00785. The lowest BCUT2D eigenvalue weighted by Crippen LogP contribution is -2.26. The number of nitrogens with zero attached hydrogens (tertiary/aromatic N) is 2. The molecule has 0 radical (unpaired) electrons. The van der Waals surface area contributed by atoms with Crippen LogP contribution in [0.5, 0.6) is 0 Å². The third-order valence-corrected chi connectivity index (χ3v) is 5.01. The summed E-state index contributed by atoms with van der Waals surface area (Å²) < 4.78 is 17.7. The van der Waals surface area contributed by atoms with E-state index in [1.807, 2.05) is 22.6 Å². The molecule has 0 aliphatic heterocycles. The molecule has 7 nitrogen and oxygen atoms in total. The van der Waals surface area contributed by atoms with Crippen LogP contribution in [0.4, 0.5) is 15.9 Å². The van der Waals surface area contributed by atoms with Crippen LogP contribution in [0.3, 0.4) is 0 Å². The molecule has 3 N–H and O–H groups in total. The lowest BCUT2D eigenvalue weighted by Gasteiger charge is -2.18. The molecule has 0 spiro atoms. The first-order chi connectivity index (χ1) is 12.7. The van der Waals surface area contributed by atoms with Crippen LogP contribution in [0.1, 0.15) is 11.7 Å². The van der Waals surface area contributed by atoms with Crippen LogP contribution in [0.2, 0.25) is 0 Å². The Morgan fingerprint density at radius 3 is 2.59 bits per heavy atom. The third-order valence-electron chi connectivity index (χ3n) is 4.34. The highest BCUT2D eigenvalue weighted by Gasteiger charge is 2.20. The zero-order chi connectivity index (χ0) is 19.9. The minimum Gasteiger partial charge on any atom is -0.393 e. The number of aryl methyl sites for hydroxylation is 1. The second-order valence-corrected chi connectivity index (χ2v) is 7.37. The molecule has 0 amide bonds. The Morgan fingerprint density at radius 1 is 1.26 bits per heavy atom. The number of pyridine rings is 2. The lowest BCUT2D eigenvalue weighted by molar-refractivity contribution is 0.0945. The minimum absolute atomic E-state index is 0.0164. The number of anilines is 2. The van der Waals surface area contributed by atoms with Gasteiger partial charge in [0.15, 0.2) is 5.43 Å². The molecule has 3 rings (SSSR count). The normalized spacial score (nSPS) is 12.4. The van der Waals surface area contributed by atoms with Crippen molar-refractivity contribution in [2.45, 2.75) is 6.10 Å². The van der Waals surface area contributed by atoms with E-state index >= 15 is 0 Å². The van der Waals surface area contributed by atoms with Crippen molar-refractivity contribution in [3.63, 3.8) is 0 Å². The molecule has 0 unspecified atom stereocenters. The monoisotopic (exact) mass is 485 g/mol. The lowest BCUT2D eigenvalue weighted by atomic mass is 10.1. The molecule has 1 atom stereocenters. The van der Waals surface area contributed by atoms with Gasteiger partial charge < -0.3 is 20.1 Å². The van der Waals surface area contributed by atoms with E-state index < -0.39 is 24.0 Å². The Labute approximate surface area is 166 Å². The molecule has 0 saturated carbocycles. The number of nitrogens with one attached hydrogen (secondary N) is 1. The molecule has 2 heterocycles. The number of rotatable bonds is 4. The molecule has 2 aromatic heterocycles. The van der Waals surface area contributed by atoms with Crippen molar-refractivity contribution in [2.75, 3.05) is 11.9 Å². The van der Waals surface area contributed by atoms with Gasteiger partial charge in [0.2, 0.25) is 0 Å². The maximum atomic E-state index is 14.3. The number of fused-ring (bicyclic) bond motifs is 1. The highest BCUT2D eigenvalue weighted by Crippen LogP contribution is 2.26. The largest absolute Gasteiger partial charge is 0.393 e. The number of halogens is 2. The minimum atomic E-state index is -1.37. The van der Waals surface area contributed by atoms with Crippen molar-refractivity contribution in [3.8, 4) is 0 Å². The summed E-state index contributed by atoms with van der Waals surface area (Å²) in [6.45, 7) is -0.624. The summed E-state index contributed by atoms with van der Waals surface area (Å²) in [7, 11) is 3.08. The molecule has 9 heteroatoms. The second kappa shape index (κ2) is 7.41. The quantitative estimate of drug-likeness (QED) is 0.490. The standard InChI is InChI=1S/C18H17FIN3O4/c1-22-7-10(14(25)8-24)17(27)16-13(22)6-15(26)23(2)18(16)21-12-4-3-9(20)5-11(12)19/h3-7,14,21,24-25H,8H2,1-2H3/t14-/m1/s1. The number of aliphatic hydroxyl groups excluding tert-OH is 2. The van der Waals surface area contributed by atoms with E-state index in [2.05, 4.69) is 5.32 Å². The maximum absolute atomic E-state index is 14.3. The van der Waals surface area contributed by atoms with E-state index in [0.29, 0.717) is 9.09 Å². The summed E-state index contributed by atoms with van der Waals surface area (Å²) in [5.41, 5.74) is -0.522. The average Bonchev–Trinajstić information content (AvgIpc) is 2.63. The Hall–Kier alpha value is -2.24. The maximum Gasteiger partial charge on any atom is 0.253 e. The number of hydrogen-bond acceptors (Lipinski definition) is 5. The van der Waals surface area contributed by atoms with Gasteiger partial charge in [-0.15, -0.1) is 0 Å². The molecular formula is C18H17FIN3O4. The summed E-state index contributed by atoms with van der Waals surface area (Å²) in [6, 6.07) is 5.82. The number of aromatic nitrogens is 2. The third kappa shape index (κ3) is 3.49. The highest BCUT2D eigenvalue weighted by molar-refractivity contribution is 14.1. The van der Waals surface area contributed by atoms with Gasteiger partial charge in [-0.1, -0.05) is 0 Å². The van der Waals surface area contributed by atoms with E-state index in [9.17, 15) is 24.2 Å². The SMILES string of the molecule is Cn1c(Nc2ccc(I)cc2F)c2c(=O)c([C@H](O)CO)cn(C)c2cc1=O. The van der Waals surface area contributed by atoms with E-state index in [-0.39, 0.29) is 28.0 Å². The van der Waals surface area contributed by atoms with Crippen molar-refractivity contribution < 1.29 is 14.6 Å². The Kier molecular flexibility index (Phi) is 5.36. The van der Waals surface area contributed by atoms with Gasteiger partial charge in [0.1, 0.15) is 17.7 Å². The van der Waals surface area contributed by atoms with Crippen molar-refractivity contribution in [1.82, 2.24) is 9.13 Å². The fraction of sp³-hybridized carbons (Fsp3) is 0.222. The highest BCUT2D eigenvalue weighted by atomic mass is 127. The van der Waals surface area contributed by atoms with E-state index in [1.165, 1.54) is 40.6 Å². The van der Waals surface area contributed by atoms with Crippen molar-refractivity contribution in [3.05, 3.63) is 66.0 Å². The average molecular weight is 485 g/mol. The van der Waals surface area contributed by atoms with E-state index in [1.54, 1.807) is 13.1 Å². The predicted molar refractivity (Wildman–Crippen MR) is 109 cm³/mol. The molecule has 0 aliphatic carbocycles. The molecule has 142 valence electrons. The van der Waals surface area contributed by atoms with Crippen LogP contribution in [-0.4, -0.2) is 26.0 Å². The number of aliphatic hydroxyl groups is 2. The van der Waals surface area contributed by atoms with Crippen LogP contribution in [0.25, 0.3) is 10.9 Å². The van der Waals surface area contributed by atoms with Crippen molar-refractivity contribution in [2.24, 2.45) is 14.1 Å². The Balaban J connectivity index is 2.36. The molecule has 0 aliphatic rings. The molecule has 0 saturated heterocycles. The first-order valence-electron chi connectivity index (χ1n) is 7.99. The van der Waals surface area contributed by atoms with Crippen LogP contribution < -0.4 is 16.3 Å². The van der Waals surface area contributed by atoms with Crippen molar-refractivity contribution in [1.29, 1.82) is 0 Å². The van der Waals surface area contributed by atoms with Gasteiger partial charge in [-0.3, -0.25) is 14.2 Å². The van der Waals surface area contributed by atoms with Crippen LogP contribution in [-0.2, 0) is 14.1 Å². The van der Waals surface area contributed by atoms with Gasteiger partial charge in [-0.05, 0) is 40.8 Å². The van der Waals surface area contributed by atoms with Crippen molar-refractivity contribution >= 4 is 45.0 Å². The molecule has 0 fully saturated rings. The molecule has 1 aromatic carbocycles. The van der Waals surface area contributed by atoms with E-state index in [0.717, 1.165) is 0 Å². The van der Waals surface area contributed by atoms with Crippen LogP contribution in [0.15, 0.2) is 40.1 Å². The van der Waals surface area contributed by atoms with Crippen LogP contribution >= 0.6 is 22.6 Å². The van der Waals surface area contributed by atoms with Gasteiger partial charge in [0.25, 0.3) is 5.56 Å². The molecule has 0 bridgehead atoms. The Bertz CT molecular complexity index is 1160. The first-order valence-corrected chi connectivity index (χ1v) is 9.06. The summed E-state index contributed by atoms with van der Waals surface area (Å²) in [5.74, 6) is -0.431. The van der Waals surface area contributed by atoms with Gasteiger partial charge >= 0.3 is 0 Å². The number of hydrogen-bond donors (Lipinski definition) is 3. The summed E-state index contributed by atoms with van der Waals surface area (Å²) >= 11 is 1.98. The molecule has 27 heavy (non-hydrogen) atoms. The topological polar surface area (TPSA) is 96.5 Å². The predicted octanol–water partition coefficient (Wildman–Crippen LogP) is 1.75. The first kappa shape index (κ1) is 19.5. The summed E-state index contributed by atoms with van der Waals surface area (Å²) in [5, 5.41) is 22.1.